The largest absolute Gasteiger partial charge is 0.480 e. The van der Waals surface area contributed by atoms with Gasteiger partial charge in [-0.25, -0.2) is 9.59 Å². The first kappa shape index (κ1) is 15.2. The van der Waals surface area contributed by atoms with E-state index in [0.717, 1.165) is 16.9 Å². The molecule has 118 valence electrons. The summed E-state index contributed by atoms with van der Waals surface area (Å²) < 4.78 is 4.62. The fourth-order valence-corrected chi connectivity index (χ4v) is 3.43. The molecule has 1 N–H and O–H groups in total. The standard InChI is InChI=1S/C16H13NO5S/c1-22-16(21)13-7-10(8-23-13)14(18)17-11-5-3-2-4-9(11)6-12(17)15(19)20/h2-5,7-8,12H,6H2,1H3,(H,19,20)/t12-/m0/s1. The van der Waals surface area contributed by atoms with Crippen LogP contribution in [0.4, 0.5) is 5.69 Å². The normalized spacial score (nSPS) is 16.0. The summed E-state index contributed by atoms with van der Waals surface area (Å²) in [5.41, 5.74) is 1.69. The minimum atomic E-state index is -1.06. The molecule has 6 nitrogen and oxygen atoms in total. The fourth-order valence-electron chi connectivity index (χ4n) is 2.63. The summed E-state index contributed by atoms with van der Waals surface area (Å²) in [6.45, 7) is 0. The second kappa shape index (κ2) is 5.85. The van der Waals surface area contributed by atoms with E-state index in [-0.39, 0.29) is 12.0 Å². The summed E-state index contributed by atoms with van der Waals surface area (Å²) in [4.78, 5) is 37.4. The Morgan fingerprint density at radius 2 is 2.04 bits per heavy atom. The number of carbonyl (C=O) groups is 3. The summed E-state index contributed by atoms with van der Waals surface area (Å²) in [6.07, 6.45) is 0.269. The number of esters is 1. The molecule has 0 aliphatic carbocycles. The van der Waals surface area contributed by atoms with E-state index in [1.165, 1.54) is 23.5 Å². The van der Waals surface area contributed by atoms with Crippen LogP contribution in [0.15, 0.2) is 35.7 Å². The van der Waals surface area contributed by atoms with Gasteiger partial charge in [0.1, 0.15) is 10.9 Å². The highest BCUT2D eigenvalue weighted by Gasteiger charge is 2.38. The van der Waals surface area contributed by atoms with Crippen molar-refractivity contribution in [3.05, 3.63) is 51.7 Å². The van der Waals surface area contributed by atoms with Crippen molar-refractivity contribution in [2.75, 3.05) is 12.0 Å². The molecule has 7 heteroatoms. The molecule has 2 heterocycles. The molecular weight excluding hydrogens is 318 g/mol. The number of fused-ring (bicyclic) bond motifs is 1. The first-order valence-electron chi connectivity index (χ1n) is 6.84. The smallest absolute Gasteiger partial charge is 0.348 e. The van der Waals surface area contributed by atoms with Crippen molar-refractivity contribution < 1.29 is 24.2 Å². The second-order valence-electron chi connectivity index (χ2n) is 5.05. The van der Waals surface area contributed by atoms with Gasteiger partial charge in [0.15, 0.2) is 0 Å². The van der Waals surface area contributed by atoms with Crippen LogP contribution in [-0.4, -0.2) is 36.1 Å². The number of carboxylic acid groups (broad SMARTS) is 1. The third-order valence-electron chi connectivity index (χ3n) is 3.71. The summed E-state index contributed by atoms with van der Waals surface area (Å²) in [5, 5.41) is 11.0. The highest BCUT2D eigenvalue weighted by Crippen LogP contribution is 2.34. The third kappa shape index (κ3) is 2.59. The molecule has 1 amide bonds. The zero-order valence-corrected chi connectivity index (χ0v) is 13.0. The van der Waals surface area contributed by atoms with Crippen LogP contribution >= 0.6 is 11.3 Å². The maximum absolute atomic E-state index is 12.8. The molecule has 0 unspecified atom stereocenters. The monoisotopic (exact) mass is 331 g/mol. The zero-order valence-electron chi connectivity index (χ0n) is 12.2. The number of nitrogens with zero attached hydrogens (tertiary/aromatic N) is 1. The van der Waals surface area contributed by atoms with Gasteiger partial charge in [-0.2, -0.15) is 0 Å². The number of amides is 1. The molecule has 3 rings (SSSR count). The lowest BCUT2D eigenvalue weighted by Crippen LogP contribution is -2.42. The molecule has 1 aliphatic rings. The quantitative estimate of drug-likeness (QED) is 0.872. The Hall–Kier alpha value is -2.67. The highest BCUT2D eigenvalue weighted by molar-refractivity contribution is 7.12. The maximum atomic E-state index is 12.8. The van der Waals surface area contributed by atoms with Crippen molar-refractivity contribution >= 4 is 34.9 Å². The van der Waals surface area contributed by atoms with Gasteiger partial charge in [-0.1, -0.05) is 18.2 Å². The average molecular weight is 331 g/mol. The van der Waals surface area contributed by atoms with Crippen LogP contribution in [0.5, 0.6) is 0 Å². The van der Waals surface area contributed by atoms with E-state index < -0.39 is 23.9 Å². The number of carbonyl (C=O) groups excluding carboxylic acids is 2. The van der Waals surface area contributed by atoms with Gasteiger partial charge in [0.05, 0.1) is 12.7 Å². The zero-order chi connectivity index (χ0) is 16.6. The molecule has 1 atom stereocenters. The summed E-state index contributed by atoms with van der Waals surface area (Å²) in [6, 6.07) is 7.60. The van der Waals surface area contributed by atoms with Gasteiger partial charge in [-0.15, -0.1) is 11.3 Å². The predicted octanol–water partition coefficient (Wildman–Crippen LogP) is 2.19. The van der Waals surface area contributed by atoms with Crippen molar-refractivity contribution in [2.24, 2.45) is 0 Å². The van der Waals surface area contributed by atoms with Crippen molar-refractivity contribution in [3.8, 4) is 0 Å². The number of hydrogen-bond acceptors (Lipinski definition) is 5. The number of rotatable bonds is 3. The number of hydrogen-bond donors (Lipinski definition) is 1. The van der Waals surface area contributed by atoms with Crippen molar-refractivity contribution in [1.29, 1.82) is 0 Å². The molecule has 1 aromatic heterocycles. The van der Waals surface area contributed by atoms with E-state index in [1.54, 1.807) is 12.1 Å². The van der Waals surface area contributed by atoms with Crippen molar-refractivity contribution in [1.82, 2.24) is 0 Å². The number of methoxy groups -OCH3 is 1. The minimum Gasteiger partial charge on any atom is -0.480 e. The van der Waals surface area contributed by atoms with Crippen LogP contribution < -0.4 is 4.90 Å². The lowest BCUT2D eigenvalue weighted by Gasteiger charge is -2.22. The van der Waals surface area contributed by atoms with E-state index in [4.69, 9.17) is 0 Å². The molecule has 0 spiro atoms. The Morgan fingerprint density at radius 3 is 2.74 bits per heavy atom. The molecule has 1 aromatic carbocycles. The molecule has 2 aromatic rings. The number of para-hydroxylation sites is 1. The van der Waals surface area contributed by atoms with Crippen LogP contribution in [0, 0.1) is 0 Å². The van der Waals surface area contributed by atoms with Crippen LogP contribution in [0.25, 0.3) is 0 Å². The lowest BCUT2D eigenvalue weighted by atomic mass is 10.1. The molecular formula is C16H13NO5S. The highest BCUT2D eigenvalue weighted by atomic mass is 32.1. The molecule has 0 radical (unpaired) electrons. The summed E-state index contributed by atoms with van der Waals surface area (Å²) in [7, 11) is 1.26. The average Bonchev–Trinajstić information content (AvgIpc) is 3.18. The first-order chi connectivity index (χ1) is 11.0. The van der Waals surface area contributed by atoms with Gasteiger partial charge in [-0.05, 0) is 17.7 Å². The molecule has 0 saturated heterocycles. The van der Waals surface area contributed by atoms with Crippen molar-refractivity contribution in [2.45, 2.75) is 12.5 Å². The van der Waals surface area contributed by atoms with Crippen LogP contribution in [-0.2, 0) is 16.0 Å². The van der Waals surface area contributed by atoms with E-state index in [0.29, 0.717) is 10.6 Å². The van der Waals surface area contributed by atoms with Gasteiger partial charge in [-0.3, -0.25) is 9.69 Å². The Morgan fingerprint density at radius 1 is 1.30 bits per heavy atom. The maximum Gasteiger partial charge on any atom is 0.348 e. The van der Waals surface area contributed by atoms with Crippen LogP contribution in [0.1, 0.15) is 25.6 Å². The van der Waals surface area contributed by atoms with Gasteiger partial charge < -0.3 is 9.84 Å². The van der Waals surface area contributed by atoms with Crippen LogP contribution in [0.2, 0.25) is 0 Å². The number of benzene rings is 1. The number of thiophene rings is 1. The van der Waals surface area contributed by atoms with Crippen LogP contribution in [0.3, 0.4) is 0 Å². The SMILES string of the molecule is COC(=O)c1cc(C(=O)N2c3ccccc3C[C@H]2C(=O)O)cs1. The Balaban J connectivity index is 1.98. The topological polar surface area (TPSA) is 83.9 Å². The predicted molar refractivity (Wildman–Crippen MR) is 84.0 cm³/mol. The Labute approximate surface area is 135 Å². The van der Waals surface area contributed by atoms with E-state index in [1.807, 2.05) is 12.1 Å². The third-order valence-corrected chi connectivity index (χ3v) is 4.62. The molecule has 0 fully saturated rings. The number of aliphatic carboxylic acids is 1. The minimum absolute atomic E-state index is 0.269. The Kier molecular flexibility index (Phi) is 3.87. The fraction of sp³-hybridized carbons (Fsp3) is 0.188. The summed E-state index contributed by atoms with van der Waals surface area (Å²) >= 11 is 1.09. The number of carboxylic acids is 1. The van der Waals surface area contributed by atoms with Gasteiger partial charge in [0.2, 0.25) is 0 Å². The number of ether oxygens (including phenoxy) is 1. The van der Waals surface area contributed by atoms with E-state index >= 15 is 0 Å². The first-order valence-corrected chi connectivity index (χ1v) is 7.72. The second-order valence-corrected chi connectivity index (χ2v) is 5.96. The van der Waals surface area contributed by atoms with Gasteiger partial charge in [0.25, 0.3) is 5.91 Å². The van der Waals surface area contributed by atoms with E-state index in [2.05, 4.69) is 4.74 Å². The lowest BCUT2D eigenvalue weighted by molar-refractivity contribution is -0.138. The van der Waals surface area contributed by atoms with Gasteiger partial charge in [0, 0.05) is 17.5 Å². The number of anilines is 1. The molecule has 23 heavy (non-hydrogen) atoms. The summed E-state index contributed by atoms with van der Waals surface area (Å²) in [5.74, 6) is -2.02. The van der Waals surface area contributed by atoms with E-state index in [9.17, 15) is 19.5 Å². The molecule has 1 aliphatic heterocycles. The van der Waals surface area contributed by atoms with Gasteiger partial charge >= 0.3 is 11.9 Å². The molecule has 0 bridgehead atoms. The van der Waals surface area contributed by atoms with Crippen molar-refractivity contribution in [3.63, 3.8) is 0 Å². The molecule has 0 saturated carbocycles. The Bertz CT molecular complexity index is 797.